The molecule has 0 spiro atoms. The number of nitrogens with one attached hydrogen (secondary N) is 2. The maximum Gasteiger partial charge on any atom is 0.407 e. The second-order valence-corrected chi connectivity index (χ2v) is 6.68. The maximum atomic E-state index is 11.7. The van der Waals surface area contributed by atoms with Crippen molar-refractivity contribution in [3.8, 4) is 0 Å². The molecule has 1 aliphatic carbocycles. The van der Waals surface area contributed by atoms with Crippen LogP contribution in [-0.2, 0) is 4.74 Å². The quantitative estimate of drug-likeness (QED) is 0.747. The molecule has 1 saturated carbocycles. The third kappa shape index (κ3) is 7.41. The highest BCUT2D eigenvalue weighted by atomic mass is 16.6. The van der Waals surface area contributed by atoms with Crippen molar-refractivity contribution in [3.05, 3.63) is 0 Å². The van der Waals surface area contributed by atoms with Crippen molar-refractivity contribution in [2.45, 2.75) is 78.0 Å². The summed E-state index contributed by atoms with van der Waals surface area (Å²) >= 11 is 0. The first-order valence-corrected chi connectivity index (χ1v) is 7.54. The van der Waals surface area contributed by atoms with Gasteiger partial charge in [-0.3, -0.25) is 0 Å². The van der Waals surface area contributed by atoms with Gasteiger partial charge < -0.3 is 15.4 Å². The molecule has 0 saturated heterocycles. The lowest BCUT2D eigenvalue weighted by Crippen LogP contribution is -2.46. The second kappa shape index (κ2) is 7.13. The first kappa shape index (κ1) is 16.3. The fourth-order valence-electron chi connectivity index (χ4n) is 2.25. The summed E-state index contributed by atoms with van der Waals surface area (Å²) in [5.74, 6) is 0.717. The molecule has 2 unspecified atom stereocenters. The van der Waals surface area contributed by atoms with Crippen molar-refractivity contribution in [1.29, 1.82) is 0 Å². The molecule has 0 bridgehead atoms. The average molecular weight is 270 g/mol. The zero-order chi connectivity index (χ0) is 14.5. The summed E-state index contributed by atoms with van der Waals surface area (Å²) in [6.07, 6.45) is 4.59. The van der Waals surface area contributed by atoms with Gasteiger partial charge in [-0.1, -0.05) is 13.3 Å². The van der Waals surface area contributed by atoms with E-state index >= 15 is 0 Å². The molecule has 0 heterocycles. The van der Waals surface area contributed by atoms with Crippen molar-refractivity contribution in [3.63, 3.8) is 0 Å². The number of hydrogen-bond donors (Lipinski definition) is 2. The highest BCUT2D eigenvalue weighted by Crippen LogP contribution is 2.32. The van der Waals surface area contributed by atoms with Gasteiger partial charge in [-0.15, -0.1) is 0 Å². The first-order chi connectivity index (χ1) is 8.81. The first-order valence-electron chi connectivity index (χ1n) is 7.54. The molecule has 4 nitrogen and oxygen atoms in total. The lowest BCUT2D eigenvalue weighted by molar-refractivity contribution is 0.0520. The van der Waals surface area contributed by atoms with Gasteiger partial charge >= 0.3 is 6.09 Å². The number of ether oxygens (including phenoxy) is 1. The predicted molar refractivity (Wildman–Crippen MR) is 78.3 cm³/mol. The number of amides is 1. The van der Waals surface area contributed by atoms with E-state index in [9.17, 15) is 4.79 Å². The SMILES string of the molecule is CCCC(C)NC(CNC(=O)OC(C)(C)C)C1CC1. The Labute approximate surface area is 117 Å². The Morgan fingerprint density at radius 1 is 1.37 bits per heavy atom. The molecule has 4 heteroatoms. The van der Waals surface area contributed by atoms with Gasteiger partial charge in [0.15, 0.2) is 0 Å². The number of alkyl carbamates (subject to hydrolysis) is 1. The van der Waals surface area contributed by atoms with E-state index in [4.69, 9.17) is 4.74 Å². The van der Waals surface area contributed by atoms with Gasteiger partial charge in [0.05, 0.1) is 0 Å². The van der Waals surface area contributed by atoms with Gasteiger partial charge in [-0.25, -0.2) is 4.79 Å². The summed E-state index contributed by atoms with van der Waals surface area (Å²) in [5, 5.41) is 6.51. The van der Waals surface area contributed by atoms with E-state index in [0.717, 1.165) is 0 Å². The Hall–Kier alpha value is -0.770. The zero-order valence-electron chi connectivity index (χ0n) is 13.1. The average Bonchev–Trinajstić information content (AvgIpc) is 3.05. The monoisotopic (exact) mass is 270 g/mol. The molecule has 112 valence electrons. The Morgan fingerprint density at radius 2 is 2.00 bits per heavy atom. The van der Waals surface area contributed by atoms with E-state index in [0.29, 0.717) is 24.5 Å². The molecular weight excluding hydrogens is 240 g/mol. The summed E-state index contributed by atoms with van der Waals surface area (Å²) in [4.78, 5) is 11.7. The molecule has 0 radical (unpaired) electrons. The Morgan fingerprint density at radius 3 is 2.47 bits per heavy atom. The topological polar surface area (TPSA) is 50.4 Å². The molecular formula is C15H30N2O2. The van der Waals surface area contributed by atoms with E-state index in [1.807, 2.05) is 20.8 Å². The number of carbonyl (C=O) groups is 1. The Kier molecular flexibility index (Phi) is 6.11. The summed E-state index contributed by atoms with van der Waals surface area (Å²) in [6.45, 7) is 10.7. The van der Waals surface area contributed by atoms with Crippen LogP contribution in [0.5, 0.6) is 0 Å². The molecule has 1 aliphatic rings. The van der Waals surface area contributed by atoms with E-state index < -0.39 is 5.60 Å². The smallest absolute Gasteiger partial charge is 0.407 e. The molecule has 0 aromatic heterocycles. The van der Waals surface area contributed by atoms with Crippen molar-refractivity contribution in [1.82, 2.24) is 10.6 Å². The lowest BCUT2D eigenvalue weighted by atomic mass is 10.1. The van der Waals surface area contributed by atoms with Crippen LogP contribution in [-0.4, -0.2) is 30.3 Å². The third-order valence-electron chi connectivity index (χ3n) is 3.28. The van der Waals surface area contributed by atoms with Gasteiger partial charge in [0.25, 0.3) is 0 Å². The van der Waals surface area contributed by atoms with Gasteiger partial charge in [0, 0.05) is 18.6 Å². The normalized spacial score (nSPS) is 18.8. The largest absolute Gasteiger partial charge is 0.444 e. The highest BCUT2D eigenvalue weighted by Gasteiger charge is 2.32. The van der Waals surface area contributed by atoms with E-state index in [1.54, 1.807) is 0 Å². The van der Waals surface area contributed by atoms with Crippen LogP contribution < -0.4 is 10.6 Å². The minimum atomic E-state index is -0.428. The molecule has 0 aromatic rings. The lowest BCUT2D eigenvalue weighted by Gasteiger charge is -2.25. The van der Waals surface area contributed by atoms with Gasteiger partial charge in [-0.2, -0.15) is 0 Å². The Bertz CT molecular complexity index is 282. The molecule has 2 atom stereocenters. The molecule has 0 aliphatic heterocycles. The summed E-state index contributed by atoms with van der Waals surface area (Å²) in [6, 6.07) is 0.894. The van der Waals surface area contributed by atoms with Gasteiger partial charge in [-0.05, 0) is 52.9 Å². The maximum absolute atomic E-state index is 11.7. The van der Waals surface area contributed by atoms with Crippen LogP contribution in [0.15, 0.2) is 0 Å². The summed E-state index contributed by atoms with van der Waals surface area (Å²) in [5.41, 5.74) is -0.428. The number of rotatable bonds is 7. The van der Waals surface area contributed by atoms with Crippen LogP contribution in [0.2, 0.25) is 0 Å². The van der Waals surface area contributed by atoms with Crippen molar-refractivity contribution in [2.75, 3.05) is 6.54 Å². The summed E-state index contributed by atoms with van der Waals surface area (Å²) in [7, 11) is 0. The molecule has 19 heavy (non-hydrogen) atoms. The van der Waals surface area contributed by atoms with Crippen LogP contribution in [0.1, 0.15) is 60.3 Å². The van der Waals surface area contributed by atoms with Gasteiger partial charge in [0.2, 0.25) is 0 Å². The standard InChI is InChI=1S/C15H30N2O2/c1-6-7-11(2)17-13(12-8-9-12)10-16-14(18)19-15(3,4)5/h11-13,17H,6-10H2,1-5H3,(H,16,18). The predicted octanol–water partition coefficient (Wildman–Crippen LogP) is 3.07. The van der Waals surface area contributed by atoms with Crippen LogP contribution in [0.4, 0.5) is 4.79 Å². The van der Waals surface area contributed by atoms with Crippen LogP contribution in [0.3, 0.4) is 0 Å². The van der Waals surface area contributed by atoms with Crippen molar-refractivity contribution >= 4 is 6.09 Å². The van der Waals surface area contributed by atoms with Crippen molar-refractivity contribution in [2.24, 2.45) is 5.92 Å². The minimum absolute atomic E-state index is 0.317. The van der Waals surface area contributed by atoms with Gasteiger partial charge in [0.1, 0.15) is 5.60 Å². The van der Waals surface area contributed by atoms with Crippen LogP contribution in [0, 0.1) is 5.92 Å². The van der Waals surface area contributed by atoms with E-state index in [1.165, 1.54) is 25.7 Å². The molecule has 1 rings (SSSR count). The number of hydrogen-bond acceptors (Lipinski definition) is 3. The summed E-state index contributed by atoms with van der Waals surface area (Å²) < 4.78 is 5.26. The molecule has 1 amide bonds. The van der Waals surface area contributed by atoms with E-state index in [-0.39, 0.29) is 6.09 Å². The Balaban J connectivity index is 2.32. The van der Waals surface area contributed by atoms with Crippen LogP contribution >= 0.6 is 0 Å². The zero-order valence-corrected chi connectivity index (χ0v) is 13.1. The number of carbonyl (C=O) groups excluding carboxylic acids is 1. The molecule has 1 fully saturated rings. The third-order valence-corrected chi connectivity index (χ3v) is 3.28. The second-order valence-electron chi connectivity index (χ2n) is 6.68. The fraction of sp³-hybridized carbons (Fsp3) is 0.933. The van der Waals surface area contributed by atoms with E-state index in [2.05, 4.69) is 24.5 Å². The van der Waals surface area contributed by atoms with Crippen LogP contribution in [0.25, 0.3) is 0 Å². The highest BCUT2D eigenvalue weighted by molar-refractivity contribution is 5.67. The fourth-order valence-corrected chi connectivity index (χ4v) is 2.25. The minimum Gasteiger partial charge on any atom is -0.444 e. The molecule has 2 N–H and O–H groups in total. The van der Waals surface area contributed by atoms with Crippen molar-refractivity contribution < 1.29 is 9.53 Å². The molecule has 0 aromatic carbocycles.